The number of aliphatic hydroxyl groups is 2. The summed E-state index contributed by atoms with van der Waals surface area (Å²) in [4.78, 5) is 18.4. The maximum Gasteiger partial charge on any atom is 0.297 e. The lowest BCUT2D eigenvalue weighted by Crippen LogP contribution is -2.62. The minimum Gasteiger partial charge on any atom is -0.457 e. The number of aromatic nitrogens is 4. The van der Waals surface area contributed by atoms with E-state index in [1.165, 1.54) is 17.7 Å². The fraction of sp³-hybridized carbons (Fsp3) is 0.472. The van der Waals surface area contributed by atoms with Crippen LogP contribution in [0, 0.1) is 34.4 Å². The van der Waals surface area contributed by atoms with E-state index >= 15 is 0 Å². The summed E-state index contributed by atoms with van der Waals surface area (Å²) in [7, 11) is 1.85. The molecule has 0 amide bonds. The van der Waals surface area contributed by atoms with Gasteiger partial charge in [-0.25, -0.2) is 9.07 Å². The number of halogens is 1. The van der Waals surface area contributed by atoms with Gasteiger partial charge in [0.2, 0.25) is 5.78 Å². The second-order valence-corrected chi connectivity index (χ2v) is 14.3. The van der Waals surface area contributed by atoms with Crippen molar-refractivity contribution in [2.45, 2.75) is 64.1 Å². The van der Waals surface area contributed by atoms with Gasteiger partial charge >= 0.3 is 0 Å². The number of para-hydroxylation sites is 2. The van der Waals surface area contributed by atoms with Gasteiger partial charge in [-0.2, -0.15) is 10.1 Å². The third-order valence-electron chi connectivity index (χ3n) is 12.2. The fourth-order valence-corrected chi connectivity index (χ4v) is 9.94. The van der Waals surface area contributed by atoms with Crippen LogP contribution in [0.5, 0.6) is 6.01 Å². The Morgan fingerprint density at radius 1 is 1.13 bits per heavy atom. The average molecular weight is 611 g/mol. The molecule has 234 valence electrons. The van der Waals surface area contributed by atoms with Gasteiger partial charge in [-0.05, 0) is 110 Å². The van der Waals surface area contributed by atoms with Crippen LogP contribution in [0.3, 0.4) is 0 Å². The highest BCUT2D eigenvalue weighted by Crippen LogP contribution is 2.67. The summed E-state index contributed by atoms with van der Waals surface area (Å²) in [6.07, 6.45) is 7.46. The number of ketones is 1. The monoisotopic (exact) mass is 610 g/mol. The molecule has 0 radical (unpaired) electrons. The number of ether oxygens (including phenoxy) is 1. The van der Waals surface area contributed by atoms with E-state index in [1.807, 2.05) is 53.7 Å². The standard InChI is InChI=1S/C36H39FN4O4/c1-34-17-21-19-38-41(24-11-9-23(37)10-12-24)29(21)16-22(34)8-13-25-26-14-15-36(44,35(26,2)18-30(42)32(25)34)31(43)20-45-33-39-27-6-4-5-7-28(27)40(33)3/h4-7,9-12,16,19,25-26,30,32,42,44H,8,13-15,17-18,20H2,1-3H3/t25?,26?,30?,32?,34?,35?,36-/m0/s1. The number of rotatable bonds is 5. The number of hydrogen-bond donors (Lipinski definition) is 2. The number of allylic oxidation sites excluding steroid dienone is 1. The highest BCUT2D eigenvalue weighted by molar-refractivity contribution is 5.90. The van der Waals surface area contributed by atoms with Crippen molar-refractivity contribution in [1.29, 1.82) is 0 Å². The van der Waals surface area contributed by atoms with E-state index in [0.717, 1.165) is 53.7 Å². The van der Waals surface area contributed by atoms with Gasteiger partial charge in [-0.15, -0.1) is 0 Å². The number of hydrogen-bond acceptors (Lipinski definition) is 6. The first-order valence-corrected chi connectivity index (χ1v) is 16.1. The van der Waals surface area contributed by atoms with E-state index in [2.05, 4.69) is 23.1 Å². The molecule has 8 nitrogen and oxygen atoms in total. The topological polar surface area (TPSA) is 102 Å². The molecule has 9 heteroatoms. The Kier molecular flexibility index (Phi) is 6.26. The number of benzene rings is 2. The molecule has 7 atom stereocenters. The number of nitrogens with zero attached hydrogens (tertiary/aromatic N) is 4. The Morgan fingerprint density at radius 3 is 2.69 bits per heavy atom. The number of carbonyl (C=O) groups is 1. The van der Waals surface area contributed by atoms with Crippen molar-refractivity contribution in [1.82, 2.24) is 19.3 Å². The number of imidazole rings is 1. The summed E-state index contributed by atoms with van der Waals surface area (Å²) in [5.74, 6) is -0.332. The zero-order valence-corrected chi connectivity index (χ0v) is 25.9. The number of fused-ring (bicyclic) bond motifs is 7. The Bertz CT molecular complexity index is 1860. The first-order valence-electron chi connectivity index (χ1n) is 16.1. The minimum atomic E-state index is -1.58. The molecule has 45 heavy (non-hydrogen) atoms. The van der Waals surface area contributed by atoms with Gasteiger partial charge in [0, 0.05) is 12.5 Å². The summed E-state index contributed by atoms with van der Waals surface area (Å²) in [5, 5.41) is 28.8. The Balaban J connectivity index is 1.05. The molecule has 2 heterocycles. The lowest BCUT2D eigenvalue weighted by molar-refractivity contribution is -0.180. The molecule has 2 aromatic heterocycles. The van der Waals surface area contributed by atoms with Crippen LogP contribution >= 0.6 is 0 Å². The van der Waals surface area contributed by atoms with Crippen molar-refractivity contribution in [3.63, 3.8) is 0 Å². The van der Waals surface area contributed by atoms with Crippen LogP contribution < -0.4 is 4.74 Å². The summed E-state index contributed by atoms with van der Waals surface area (Å²) in [5.41, 5.74) is 3.34. The molecule has 6 unspecified atom stereocenters. The van der Waals surface area contributed by atoms with E-state index < -0.39 is 17.1 Å². The highest BCUT2D eigenvalue weighted by atomic mass is 19.1. The summed E-state index contributed by atoms with van der Waals surface area (Å²) in [6.45, 7) is 4.01. The van der Waals surface area contributed by atoms with Gasteiger partial charge < -0.3 is 14.9 Å². The van der Waals surface area contributed by atoms with Crippen molar-refractivity contribution >= 4 is 22.9 Å². The second-order valence-electron chi connectivity index (χ2n) is 14.3. The summed E-state index contributed by atoms with van der Waals surface area (Å²) < 4.78 is 23.2. The molecule has 0 spiro atoms. The minimum absolute atomic E-state index is 0.00611. The van der Waals surface area contributed by atoms with Crippen LogP contribution in [0.2, 0.25) is 0 Å². The first-order chi connectivity index (χ1) is 21.5. The Labute approximate surface area is 261 Å². The molecule has 0 aliphatic heterocycles. The van der Waals surface area contributed by atoms with Gasteiger partial charge in [0.25, 0.3) is 6.01 Å². The molecule has 0 saturated heterocycles. The van der Waals surface area contributed by atoms with Gasteiger partial charge in [0.1, 0.15) is 11.4 Å². The van der Waals surface area contributed by atoms with Crippen molar-refractivity contribution < 1.29 is 24.1 Å². The largest absolute Gasteiger partial charge is 0.457 e. The highest BCUT2D eigenvalue weighted by Gasteiger charge is 2.68. The third-order valence-corrected chi connectivity index (χ3v) is 12.2. The molecule has 2 aromatic carbocycles. The van der Waals surface area contributed by atoms with Crippen LogP contribution in [0.4, 0.5) is 4.39 Å². The molecular formula is C36H39FN4O4. The maximum atomic E-state index is 13.8. The van der Waals surface area contributed by atoms with E-state index in [0.29, 0.717) is 18.9 Å². The lowest BCUT2D eigenvalue weighted by atomic mass is 9.45. The zero-order chi connectivity index (χ0) is 31.3. The Hall–Kier alpha value is -3.82. The number of aryl methyl sites for hydroxylation is 1. The van der Waals surface area contributed by atoms with E-state index in [1.54, 1.807) is 12.1 Å². The van der Waals surface area contributed by atoms with Crippen molar-refractivity contribution in [3.8, 4) is 11.7 Å². The molecule has 3 saturated carbocycles. The van der Waals surface area contributed by atoms with Crippen molar-refractivity contribution in [3.05, 3.63) is 77.4 Å². The van der Waals surface area contributed by atoms with E-state index in [4.69, 9.17) is 4.74 Å². The predicted octanol–water partition coefficient (Wildman–Crippen LogP) is 5.43. The SMILES string of the molecule is Cn1c(OCC(=O)[C@@]2(O)CCC3C4CCC5=Cc6c(cnn6-c6ccc(F)cc6)CC5(C)C4C(O)CC32C)nc2ccccc21. The smallest absolute Gasteiger partial charge is 0.297 e. The molecule has 4 aliphatic carbocycles. The quantitative estimate of drug-likeness (QED) is 0.313. The molecule has 2 N–H and O–H groups in total. The number of Topliss-reactive ketones (excluding diaryl/α,β-unsaturated/α-hetero) is 1. The van der Waals surface area contributed by atoms with Crippen LogP contribution in [-0.2, 0) is 18.3 Å². The third kappa shape index (κ3) is 3.99. The normalized spacial score (nSPS) is 33.6. The summed E-state index contributed by atoms with van der Waals surface area (Å²) >= 11 is 0. The predicted molar refractivity (Wildman–Crippen MR) is 167 cm³/mol. The van der Waals surface area contributed by atoms with Crippen LogP contribution in [0.25, 0.3) is 22.8 Å². The van der Waals surface area contributed by atoms with Gasteiger partial charge in [-0.3, -0.25) is 9.36 Å². The molecular weight excluding hydrogens is 571 g/mol. The van der Waals surface area contributed by atoms with Gasteiger partial charge in [0.05, 0.1) is 34.7 Å². The van der Waals surface area contributed by atoms with Crippen molar-refractivity contribution in [2.24, 2.45) is 35.6 Å². The number of carbonyl (C=O) groups excluding carboxylic acids is 1. The maximum absolute atomic E-state index is 13.8. The molecule has 3 fully saturated rings. The van der Waals surface area contributed by atoms with Gasteiger partial charge in [0.15, 0.2) is 6.61 Å². The molecule has 0 bridgehead atoms. The Morgan fingerprint density at radius 2 is 1.91 bits per heavy atom. The van der Waals surface area contributed by atoms with Crippen LogP contribution in [0.1, 0.15) is 57.2 Å². The fourth-order valence-electron chi connectivity index (χ4n) is 9.94. The zero-order valence-electron chi connectivity index (χ0n) is 25.9. The molecule has 4 aliphatic rings. The summed E-state index contributed by atoms with van der Waals surface area (Å²) in [6, 6.07) is 14.4. The van der Waals surface area contributed by atoms with Crippen LogP contribution in [-0.4, -0.2) is 53.6 Å². The van der Waals surface area contributed by atoms with Gasteiger partial charge in [-0.1, -0.05) is 31.6 Å². The molecule has 4 aromatic rings. The first kappa shape index (κ1) is 28.6. The second kappa shape index (κ2) is 9.84. The van der Waals surface area contributed by atoms with E-state index in [9.17, 15) is 19.4 Å². The van der Waals surface area contributed by atoms with Crippen molar-refractivity contribution in [2.75, 3.05) is 6.61 Å². The van der Waals surface area contributed by atoms with Crippen LogP contribution in [0.15, 0.2) is 60.3 Å². The number of aliphatic hydroxyl groups excluding tert-OH is 1. The molecule has 8 rings (SSSR count). The lowest BCUT2D eigenvalue weighted by Gasteiger charge is -2.60. The average Bonchev–Trinajstić information content (AvgIpc) is 3.66. The van der Waals surface area contributed by atoms with E-state index in [-0.39, 0.29) is 41.4 Å².